The Morgan fingerprint density at radius 1 is 1.35 bits per heavy atom. The maximum Gasteiger partial charge on any atom is 0.337 e. The molecule has 5 heteroatoms. The molecule has 0 bridgehead atoms. The molecule has 0 aliphatic rings. The Morgan fingerprint density at radius 2 is 2.10 bits per heavy atom. The molecule has 0 fully saturated rings. The van der Waals surface area contributed by atoms with Crippen molar-refractivity contribution in [2.24, 2.45) is 0 Å². The molecule has 0 saturated carbocycles. The molecule has 2 rings (SSSR count). The van der Waals surface area contributed by atoms with Crippen LogP contribution in [0.15, 0.2) is 36.4 Å². The van der Waals surface area contributed by atoms with E-state index in [0.29, 0.717) is 11.3 Å². The van der Waals surface area contributed by atoms with Gasteiger partial charge in [0.25, 0.3) is 0 Å². The summed E-state index contributed by atoms with van der Waals surface area (Å²) in [7, 11) is 0. The molecule has 0 atom stereocenters. The topological polar surface area (TPSA) is 73.1 Å². The lowest BCUT2D eigenvalue weighted by molar-refractivity contribution is 0.0697. The van der Waals surface area contributed by atoms with Gasteiger partial charge >= 0.3 is 5.97 Å². The summed E-state index contributed by atoms with van der Waals surface area (Å²) in [5.41, 5.74) is 1.41. The Kier molecular flexibility index (Phi) is 3.67. The highest BCUT2D eigenvalue weighted by Gasteiger charge is 2.15. The van der Waals surface area contributed by atoms with Crippen LogP contribution in [-0.4, -0.2) is 11.1 Å². The molecule has 2 aromatic carbocycles. The monoisotopic (exact) mass is 270 g/mol. The van der Waals surface area contributed by atoms with Crippen LogP contribution in [0, 0.1) is 24.1 Å². The minimum absolute atomic E-state index is 0.113. The second-order valence-corrected chi connectivity index (χ2v) is 4.23. The summed E-state index contributed by atoms with van der Waals surface area (Å²) in [6.45, 7) is 1.78. The van der Waals surface area contributed by atoms with Gasteiger partial charge in [-0.1, -0.05) is 12.1 Å². The first kappa shape index (κ1) is 13.6. The van der Waals surface area contributed by atoms with E-state index in [4.69, 9.17) is 10.4 Å². The molecule has 2 aromatic rings. The van der Waals surface area contributed by atoms with Crippen molar-refractivity contribution in [1.29, 1.82) is 5.26 Å². The van der Waals surface area contributed by atoms with E-state index in [9.17, 15) is 9.18 Å². The van der Waals surface area contributed by atoms with Crippen molar-refractivity contribution in [2.75, 3.05) is 5.32 Å². The van der Waals surface area contributed by atoms with Gasteiger partial charge in [0, 0.05) is 5.69 Å². The Morgan fingerprint density at radius 3 is 2.75 bits per heavy atom. The van der Waals surface area contributed by atoms with Crippen LogP contribution in [0.3, 0.4) is 0 Å². The number of anilines is 2. The molecular weight excluding hydrogens is 259 g/mol. The van der Waals surface area contributed by atoms with Crippen molar-refractivity contribution in [1.82, 2.24) is 0 Å². The molecule has 0 saturated heterocycles. The number of halogens is 1. The molecule has 0 amide bonds. The SMILES string of the molecule is Cc1ccc(C#N)cc1Nc1c(F)cccc1C(=O)O. The first-order valence-corrected chi connectivity index (χ1v) is 5.82. The zero-order chi connectivity index (χ0) is 14.7. The number of hydrogen-bond donors (Lipinski definition) is 2. The fraction of sp³-hybridized carbons (Fsp3) is 0.0667. The number of para-hydroxylation sites is 1. The first-order chi connectivity index (χ1) is 9.52. The summed E-state index contributed by atoms with van der Waals surface area (Å²) in [6, 6.07) is 10.7. The van der Waals surface area contributed by atoms with Crippen LogP contribution in [0.1, 0.15) is 21.5 Å². The van der Waals surface area contributed by atoms with Crippen molar-refractivity contribution < 1.29 is 14.3 Å². The number of nitrogens with one attached hydrogen (secondary N) is 1. The minimum Gasteiger partial charge on any atom is -0.478 e. The summed E-state index contributed by atoms with van der Waals surface area (Å²) in [5, 5.41) is 20.7. The van der Waals surface area contributed by atoms with Crippen molar-refractivity contribution >= 4 is 17.3 Å². The van der Waals surface area contributed by atoms with Gasteiger partial charge < -0.3 is 10.4 Å². The molecular formula is C15H11FN2O2. The van der Waals surface area contributed by atoms with Gasteiger partial charge in [-0.25, -0.2) is 9.18 Å². The normalized spacial score (nSPS) is 9.85. The van der Waals surface area contributed by atoms with E-state index in [-0.39, 0.29) is 11.3 Å². The molecule has 0 radical (unpaired) electrons. The number of carboxylic acids is 1. The highest BCUT2D eigenvalue weighted by molar-refractivity contribution is 5.95. The van der Waals surface area contributed by atoms with Gasteiger partial charge in [-0.15, -0.1) is 0 Å². The summed E-state index contributed by atoms with van der Waals surface area (Å²) in [6.07, 6.45) is 0. The second-order valence-electron chi connectivity index (χ2n) is 4.23. The van der Waals surface area contributed by atoms with Crippen LogP contribution in [0.4, 0.5) is 15.8 Å². The van der Waals surface area contributed by atoms with Crippen LogP contribution in [0.5, 0.6) is 0 Å². The van der Waals surface area contributed by atoms with Gasteiger partial charge in [-0.2, -0.15) is 5.26 Å². The van der Waals surface area contributed by atoms with Gasteiger partial charge in [0.05, 0.1) is 22.9 Å². The number of carbonyl (C=O) groups is 1. The third-order valence-corrected chi connectivity index (χ3v) is 2.87. The van der Waals surface area contributed by atoms with Crippen molar-refractivity contribution in [3.8, 4) is 6.07 Å². The Labute approximate surface area is 115 Å². The predicted molar refractivity (Wildman–Crippen MR) is 72.5 cm³/mol. The molecule has 0 aliphatic carbocycles. The van der Waals surface area contributed by atoms with Gasteiger partial charge in [-0.05, 0) is 36.8 Å². The highest BCUT2D eigenvalue weighted by Crippen LogP contribution is 2.27. The van der Waals surface area contributed by atoms with Crippen LogP contribution in [0.2, 0.25) is 0 Å². The number of rotatable bonds is 3. The fourth-order valence-corrected chi connectivity index (χ4v) is 1.79. The molecule has 0 aliphatic heterocycles. The second kappa shape index (κ2) is 5.41. The minimum atomic E-state index is -1.22. The van der Waals surface area contributed by atoms with E-state index in [1.165, 1.54) is 18.2 Å². The summed E-state index contributed by atoms with van der Waals surface area (Å²) in [5.74, 6) is -1.88. The quantitative estimate of drug-likeness (QED) is 0.895. The number of benzene rings is 2. The van der Waals surface area contributed by atoms with Crippen LogP contribution >= 0.6 is 0 Å². The highest BCUT2D eigenvalue weighted by atomic mass is 19.1. The number of nitrogens with zero attached hydrogens (tertiary/aromatic N) is 1. The summed E-state index contributed by atoms with van der Waals surface area (Å²) >= 11 is 0. The maximum atomic E-state index is 13.8. The molecule has 20 heavy (non-hydrogen) atoms. The van der Waals surface area contributed by atoms with Crippen LogP contribution in [0.25, 0.3) is 0 Å². The molecule has 4 nitrogen and oxygen atoms in total. The van der Waals surface area contributed by atoms with E-state index < -0.39 is 11.8 Å². The molecule has 0 heterocycles. The lowest BCUT2D eigenvalue weighted by Crippen LogP contribution is -2.05. The number of aromatic carboxylic acids is 1. The average Bonchev–Trinajstić information content (AvgIpc) is 2.43. The zero-order valence-corrected chi connectivity index (χ0v) is 10.6. The number of aryl methyl sites for hydroxylation is 1. The fourth-order valence-electron chi connectivity index (χ4n) is 1.79. The largest absolute Gasteiger partial charge is 0.478 e. The Hall–Kier alpha value is -2.87. The predicted octanol–water partition coefficient (Wildman–Crippen LogP) is 3.45. The van der Waals surface area contributed by atoms with E-state index >= 15 is 0 Å². The van der Waals surface area contributed by atoms with Crippen LogP contribution < -0.4 is 5.32 Å². The molecule has 2 N–H and O–H groups in total. The lowest BCUT2D eigenvalue weighted by Gasteiger charge is -2.13. The van der Waals surface area contributed by atoms with E-state index in [2.05, 4.69) is 5.32 Å². The number of hydrogen-bond acceptors (Lipinski definition) is 3. The summed E-state index contributed by atoms with van der Waals surface area (Å²) < 4.78 is 13.8. The lowest BCUT2D eigenvalue weighted by atomic mass is 10.1. The van der Waals surface area contributed by atoms with E-state index in [0.717, 1.165) is 5.56 Å². The summed E-state index contributed by atoms with van der Waals surface area (Å²) in [4.78, 5) is 11.1. The molecule has 0 aromatic heterocycles. The standard InChI is InChI=1S/C15H11FN2O2/c1-9-5-6-10(8-17)7-13(9)18-14-11(15(19)20)3-2-4-12(14)16/h2-7,18H,1H3,(H,19,20). The smallest absolute Gasteiger partial charge is 0.337 e. The third kappa shape index (κ3) is 2.59. The Bertz CT molecular complexity index is 720. The average molecular weight is 270 g/mol. The van der Waals surface area contributed by atoms with Crippen molar-refractivity contribution in [3.63, 3.8) is 0 Å². The van der Waals surface area contributed by atoms with Gasteiger partial charge in [-0.3, -0.25) is 0 Å². The molecule has 100 valence electrons. The van der Waals surface area contributed by atoms with Crippen LogP contribution in [-0.2, 0) is 0 Å². The van der Waals surface area contributed by atoms with Crippen molar-refractivity contribution in [2.45, 2.75) is 6.92 Å². The van der Waals surface area contributed by atoms with Gasteiger partial charge in [0.2, 0.25) is 0 Å². The van der Waals surface area contributed by atoms with Gasteiger partial charge in [0.1, 0.15) is 5.82 Å². The van der Waals surface area contributed by atoms with E-state index in [1.807, 2.05) is 6.07 Å². The molecule has 0 spiro atoms. The van der Waals surface area contributed by atoms with Crippen molar-refractivity contribution in [3.05, 3.63) is 58.9 Å². The number of carboxylic acid groups (broad SMARTS) is 1. The zero-order valence-electron chi connectivity index (χ0n) is 10.6. The third-order valence-electron chi connectivity index (χ3n) is 2.87. The van der Waals surface area contributed by atoms with E-state index in [1.54, 1.807) is 25.1 Å². The van der Waals surface area contributed by atoms with Gasteiger partial charge in [0.15, 0.2) is 0 Å². The molecule has 0 unspecified atom stereocenters. The maximum absolute atomic E-state index is 13.8. The number of nitriles is 1. The Balaban J connectivity index is 2.50. The first-order valence-electron chi connectivity index (χ1n) is 5.82.